The van der Waals surface area contributed by atoms with Crippen LogP contribution < -0.4 is 27.0 Å². The van der Waals surface area contributed by atoms with Gasteiger partial charge in [0.25, 0.3) is 0 Å². The van der Waals surface area contributed by atoms with Gasteiger partial charge < -0.3 is 36.9 Å². The lowest BCUT2D eigenvalue weighted by Gasteiger charge is -2.31. The average Bonchev–Trinajstić information content (AvgIpc) is 2.88. The van der Waals surface area contributed by atoms with Gasteiger partial charge in [0, 0.05) is 36.6 Å². The first kappa shape index (κ1) is 36.2. The number of nitrogens with one attached hydrogen (secondary N) is 4. The summed E-state index contributed by atoms with van der Waals surface area (Å²) in [5.41, 5.74) is 4.98. The van der Waals surface area contributed by atoms with E-state index < -0.39 is 40.7 Å². The van der Waals surface area contributed by atoms with E-state index in [4.69, 9.17) is 5.73 Å². The minimum atomic E-state index is -1.22. The van der Waals surface area contributed by atoms with Crippen LogP contribution in [0.5, 0.6) is 0 Å². The smallest absolute Gasteiger partial charge is 0.326 e. The van der Waals surface area contributed by atoms with Crippen LogP contribution in [0.2, 0.25) is 0 Å². The molecule has 0 aliphatic heterocycles. The first-order valence-corrected chi connectivity index (χ1v) is 14.1. The maximum Gasteiger partial charge on any atom is 0.326 e. The average molecular weight is 574 g/mol. The summed E-state index contributed by atoms with van der Waals surface area (Å²) in [4.78, 5) is 71.1. The van der Waals surface area contributed by atoms with Crippen LogP contribution in [0.25, 0.3) is 0 Å². The Labute approximate surface area is 236 Å². The third kappa shape index (κ3) is 14.8. The van der Waals surface area contributed by atoms with Crippen molar-refractivity contribution in [2.75, 3.05) is 13.1 Å². The Morgan fingerprint density at radius 3 is 2.05 bits per heavy atom. The van der Waals surface area contributed by atoms with Gasteiger partial charge in [-0.2, -0.15) is 12.6 Å². The maximum atomic E-state index is 12.7. The predicted molar refractivity (Wildman–Crippen MR) is 151 cm³/mol. The van der Waals surface area contributed by atoms with Crippen LogP contribution in [-0.4, -0.2) is 71.0 Å². The number of nitrogens with two attached hydrogens (primary N) is 1. The Hall–Kier alpha value is -2.83. The van der Waals surface area contributed by atoms with Crippen molar-refractivity contribution in [2.24, 2.45) is 17.6 Å². The van der Waals surface area contributed by atoms with Crippen LogP contribution in [0, 0.1) is 11.8 Å². The highest BCUT2D eigenvalue weighted by atomic mass is 32.1. The standard InChI is InChI=1S/C26H47N5O7S/c1-5-26(39,6-2)18(16-32)15-21(34)28-13-9-7-8-12-20(33)31-22(17(3)4)23(35)30-19(24(36)37)11-10-14-29-25(27)38/h16-19,22,39H,5-15H2,1-4H3,(H,28,34)(H,30,35)(H,31,33)(H,36,37)(H3,27,29,38)/t18?,19-,22?/m0/s1. The largest absolute Gasteiger partial charge is 0.480 e. The van der Waals surface area contributed by atoms with Crippen molar-refractivity contribution in [1.82, 2.24) is 21.3 Å². The lowest BCUT2D eigenvalue weighted by atomic mass is 9.85. The van der Waals surface area contributed by atoms with Gasteiger partial charge in [-0.1, -0.05) is 34.1 Å². The SMILES string of the molecule is CCC(S)(CC)C(C=O)CC(=O)NCCCCCC(=O)NC(C(=O)N[C@@H](CCCNC(N)=O)C(=O)O)C(C)C. The molecule has 13 heteroatoms. The zero-order valence-corrected chi connectivity index (χ0v) is 24.5. The summed E-state index contributed by atoms with van der Waals surface area (Å²) in [5.74, 6) is -3.09. The zero-order valence-electron chi connectivity index (χ0n) is 23.6. The number of carboxylic acid groups (broad SMARTS) is 1. The van der Waals surface area contributed by atoms with Crippen LogP contribution in [0.15, 0.2) is 0 Å². The van der Waals surface area contributed by atoms with E-state index in [1.807, 2.05) is 13.8 Å². The molecule has 12 nitrogen and oxygen atoms in total. The van der Waals surface area contributed by atoms with Gasteiger partial charge in [-0.3, -0.25) is 14.4 Å². The van der Waals surface area contributed by atoms with Crippen LogP contribution in [0.1, 0.15) is 85.5 Å². The highest BCUT2D eigenvalue weighted by Crippen LogP contribution is 2.33. The van der Waals surface area contributed by atoms with E-state index in [2.05, 4.69) is 33.9 Å². The fourth-order valence-corrected chi connectivity index (χ4v) is 4.20. The topological polar surface area (TPSA) is 197 Å². The van der Waals surface area contributed by atoms with E-state index in [0.717, 1.165) is 6.29 Å². The Kier molecular flexibility index (Phi) is 17.9. The van der Waals surface area contributed by atoms with Gasteiger partial charge in [-0.05, 0) is 44.4 Å². The van der Waals surface area contributed by atoms with E-state index in [-0.39, 0.29) is 43.5 Å². The molecule has 0 aliphatic rings. The lowest BCUT2D eigenvalue weighted by molar-refractivity contribution is -0.142. The van der Waals surface area contributed by atoms with Crippen molar-refractivity contribution in [3.63, 3.8) is 0 Å². The third-order valence-electron chi connectivity index (χ3n) is 6.74. The summed E-state index contributed by atoms with van der Waals surface area (Å²) in [7, 11) is 0. The molecule has 0 rings (SSSR count). The Balaban J connectivity index is 4.51. The quantitative estimate of drug-likeness (QED) is 0.0613. The minimum Gasteiger partial charge on any atom is -0.480 e. The molecule has 5 amide bonds. The molecular weight excluding hydrogens is 526 g/mol. The molecular formula is C26H47N5O7S. The summed E-state index contributed by atoms with van der Waals surface area (Å²) in [5, 5.41) is 19.7. The van der Waals surface area contributed by atoms with E-state index in [9.17, 15) is 33.9 Å². The number of urea groups is 1. The van der Waals surface area contributed by atoms with E-state index in [0.29, 0.717) is 45.1 Å². The van der Waals surface area contributed by atoms with Crippen molar-refractivity contribution in [1.29, 1.82) is 0 Å². The van der Waals surface area contributed by atoms with Crippen molar-refractivity contribution in [3.05, 3.63) is 0 Å². The van der Waals surface area contributed by atoms with Crippen molar-refractivity contribution in [2.45, 2.75) is 102 Å². The van der Waals surface area contributed by atoms with Crippen LogP contribution in [-0.2, 0) is 24.0 Å². The van der Waals surface area contributed by atoms with Gasteiger partial charge in [-0.25, -0.2) is 9.59 Å². The Morgan fingerprint density at radius 2 is 1.54 bits per heavy atom. The molecule has 0 fully saturated rings. The summed E-state index contributed by atoms with van der Waals surface area (Å²) in [6.45, 7) is 7.97. The lowest BCUT2D eigenvalue weighted by Crippen LogP contribution is -2.53. The normalized spacial score (nSPS) is 13.6. The summed E-state index contributed by atoms with van der Waals surface area (Å²) in [6.07, 6.45) is 4.67. The molecule has 0 aromatic carbocycles. The van der Waals surface area contributed by atoms with E-state index in [1.165, 1.54) is 0 Å². The molecule has 0 saturated heterocycles. The number of primary amides is 1. The van der Waals surface area contributed by atoms with E-state index >= 15 is 0 Å². The maximum absolute atomic E-state index is 12.7. The first-order chi connectivity index (χ1) is 18.3. The van der Waals surface area contributed by atoms with Crippen molar-refractivity contribution >= 4 is 48.6 Å². The highest BCUT2D eigenvalue weighted by molar-refractivity contribution is 7.81. The van der Waals surface area contributed by atoms with Gasteiger partial charge in [0.15, 0.2) is 0 Å². The molecule has 0 aromatic rings. The number of thiol groups is 1. The summed E-state index contributed by atoms with van der Waals surface area (Å²) in [6, 6.07) is -2.79. The van der Waals surface area contributed by atoms with Crippen molar-refractivity contribution in [3.8, 4) is 0 Å². The number of aliphatic carboxylic acids is 1. The number of amides is 5. The minimum absolute atomic E-state index is 0.0825. The number of rotatable bonds is 21. The molecule has 0 heterocycles. The third-order valence-corrected chi connectivity index (χ3v) is 7.70. The zero-order chi connectivity index (χ0) is 30.0. The van der Waals surface area contributed by atoms with Crippen LogP contribution >= 0.6 is 12.6 Å². The Bertz CT molecular complexity index is 821. The second kappa shape index (κ2) is 19.3. The fraction of sp³-hybridized carbons (Fsp3) is 0.769. The van der Waals surface area contributed by atoms with Gasteiger partial charge in [0.1, 0.15) is 18.4 Å². The molecule has 39 heavy (non-hydrogen) atoms. The van der Waals surface area contributed by atoms with E-state index in [1.54, 1.807) is 13.8 Å². The Morgan fingerprint density at radius 1 is 0.923 bits per heavy atom. The molecule has 7 N–H and O–H groups in total. The fourth-order valence-electron chi connectivity index (χ4n) is 4.04. The number of aldehydes is 1. The molecule has 0 saturated carbocycles. The number of carboxylic acids is 1. The predicted octanol–water partition coefficient (Wildman–Crippen LogP) is 1.52. The summed E-state index contributed by atoms with van der Waals surface area (Å²) < 4.78 is -0.505. The molecule has 0 bridgehead atoms. The highest BCUT2D eigenvalue weighted by Gasteiger charge is 2.33. The molecule has 0 spiro atoms. The number of hydrogen-bond acceptors (Lipinski definition) is 7. The molecule has 0 aliphatic carbocycles. The second-order valence-corrected chi connectivity index (χ2v) is 10.9. The number of carbonyl (C=O) groups excluding carboxylic acids is 5. The number of carbonyl (C=O) groups is 6. The van der Waals surface area contributed by atoms with Gasteiger partial charge in [-0.15, -0.1) is 0 Å². The van der Waals surface area contributed by atoms with Crippen LogP contribution in [0.4, 0.5) is 4.79 Å². The number of hydrogen-bond donors (Lipinski definition) is 7. The van der Waals surface area contributed by atoms with Crippen molar-refractivity contribution < 1.29 is 33.9 Å². The second-order valence-electron chi connectivity index (χ2n) is 10.0. The monoisotopic (exact) mass is 573 g/mol. The first-order valence-electron chi connectivity index (χ1n) is 13.6. The number of unbranched alkanes of at least 4 members (excludes halogenated alkanes) is 2. The van der Waals surface area contributed by atoms with Crippen LogP contribution in [0.3, 0.4) is 0 Å². The molecule has 0 radical (unpaired) electrons. The summed E-state index contributed by atoms with van der Waals surface area (Å²) >= 11 is 4.60. The molecule has 3 atom stereocenters. The van der Waals surface area contributed by atoms with Gasteiger partial charge in [0.05, 0.1) is 0 Å². The van der Waals surface area contributed by atoms with Gasteiger partial charge >= 0.3 is 12.0 Å². The molecule has 2 unspecified atom stereocenters. The molecule has 224 valence electrons. The van der Waals surface area contributed by atoms with Gasteiger partial charge in [0.2, 0.25) is 17.7 Å². The molecule has 0 aromatic heterocycles.